The highest BCUT2D eigenvalue weighted by atomic mass is 32.2. The Kier molecular flexibility index (Phi) is 6.36. The third kappa shape index (κ3) is 5.13. The van der Waals surface area contributed by atoms with E-state index in [9.17, 15) is 4.79 Å². The summed E-state index contributed by atoms with van der Waals surface area (Å²) in [5, 5.41) is 11.1. The Morgan fingerprint density at radius 2 is 2.14 bits per heavy atom. The van der Waals surface area contributed by atoms with Crippen molar-refractivity contribution >= 4 is 40.2 Å². The summed E-state index contributed by atoms with van der Waals surface area (Å²) < 4.78 is 0.814. The summed E-state index contributed by atoms with van der Waals surface area (Å²) in [6.07, 6.45) is 6.09. The average Bonchev–Trinajstić information content (AvgIpc) is 2.98. The molecule has 6 heteroatoms. The van der Waals surface area contributed by atoms with Gasteiger partial charge in [-0.05, 0) is 23.6 Å². The van der Waals surface area contributed by atoms with E-state index in [1.54, 1.807) is 12.2 Å². The first-order chi connectivity index (χ1) is 10.7. The summed E-state index contributed by atoms with van der Waals surface area (Å²) in [7, 11) is 0. The predicted octanol–water partition coefficient (Wildman–Crippen LogP) is 4.03. The van der Waals surface area contributed by atoms with Gasteiger partial charge in [0.25, 0.3) is 0 Å². The van der Waals surface area contributed by atoms with E-state index >= 15 is 0 Å². The molecule has 0 aliphatic rings. The normalized spacial score (nSPS) is 10.8. The lowest BCUT2D eigenvalue weighted by Crippen LogP contribution is -2.07. The molecular formula is C16H17N3OS2. The lowest BCUT2D eigenvalue weighted by Gasteiger charge is -1.97. The first-order valence-corrected chi connectivity index (χ1v) is 8.66. The molecular weight excluding hydrogens is 314 g/mol. The zero-order valence-electron chi connectivity index (χ0n) is 12.3. The molecule has 0 radical (unpaired) electrons. The Balaban J connectivity index is 1.89. The van der Waals surface area contributed by atoms with E-state index in [0.29, 0.717) is 5.13 Å². The molecule has 1 N–H and O–H groups in total. The maximum absolute atomic E-state index is 11.9. The van der Waals surface area contributed by atoms with Crippen molar-refractivity contribution in [1.82, 2.24) is 10.2 Å². The van der Waals surface area contributed by atoms with Gasteiger partial charge in [0, 0.05) is 11.8 Å². The molecule has 0 saturated heterocycles. The second-order valence-corrected chi connectivity index (χ2v) is 6.64. The highest BCUT2D eigenvalue weighted by Crippen LogP contribution is 2.25. The maximum atomic E-state index is 11.9. The summed E-state index contributed by atoms with van der Waals surface area (Å²) in [5.74, 6) is 0.562. The number of amides is 1. The first kappa shape index (κ1) is 16.5. The molecule has 1 aromatic carbocycles. The number of rotatable bonds is 7. The van der Waals surface area contributed by atoms with Gasteiger partial charge in [-0.3, -0.25) is 10.1 Å². The van der Waals surface area contributed by atoms with Crippen LogP contribution in [0.15, 0.2) is 47.3 Å². The van der Waals surface area contributed by atoms with E-state index in [1.807, 2.05) is 12.1 Å². The third-order valence-electron chi connectivity index (χ3n) is 2.78. The molecule has 0 unspecified atom stereocenters. The monoisotopic (exact) mass is 331 g/mol. The molecule has 0 fully saturated rings. The summed E-state index contributed by atoms with van der Waals surface area (Å²) >= 11 is 2.89. The number of benzene rings is 1. The van der Waals surface area contributed by atoms with Crippen LogP contribution >= 0.6 is 23.1 Å². The molecule has 1 aromatic heterocycles. The molecule has 0 aliphatic carbocycles. The lowest BCUT2D eigenvalue weighted by atomic mass is 10.1. The van der Waals surface area contributed by atoms with Crippen LogP contribution in [0.4, 0.5) is 5.13 Å². The van der Waals surface area contributed by atoms with Crippen LogP contribution in [0.2, 0.25) is 0 Å². The Bertz CT molecular complexity index is 662. The van der Waals surface area contributed by atoms with Crippen LogP contribution in [0.5, 0.6) is 0 Å². The number of hydrogen-bond acceptors (Lipinski definition) is 5. The van der Waals surface area contributed by atoms with Gasteiger partial charge in [-0.25, -0.2) is 0 Å². The molecule has 4 nitrogen and oxygen atoms in total. The van der Waals surface area contributed by atoms with Crippen molar-refractivity contribution < 1.29 is 4.79 Å². The van der Waals surface area contributed by atoms with Crippen molar-refractivity contribution in [3.63, 3.8) is 0 Å². The molecule has 2 aromatic rings. The summed E-state index contributed by atoms with van der Waals surface area (Å²) in [5.41, 5.74) is 2.27. The van der Waals surface area contributed by atoms with Crippen molar-refractivity contribution in [2.45, 2.75) is 17.7 Å². The number of aromatic nitrogens is 2. The van der Waals surface area contributed by atoms with Crippen LogP contribution in [0.1, 0.15) is 18.1 Å². The third-order valence-corrected chi connectivity index (χ3v) is 4.74. The molecule has 0 saturated carbocycles. The second-order valence-electron chi connectivity index (χ2n) is 4.39. The average molecular weight is 331 g/mol. The molecule has 0 spiro atoms. The number of carbonyl (C=O) groups excluding carboxylic acids is 1. The lowest BCUT2D eigenvalue weighted by molar-refractivity contribution is -0.111. The van der Waals surface area contributed by atoms with Gasteiger partial charge in [0.05, 0.1) is 0 Å². The largest absolute Gasteiger partial charge is 0.297 e. The number of anilines is 1. The van der Waals surface area contributed by atoms with Gasteiger partial charge in [0.2, 0.25) is 11.0 Å². The number of nitrogens with one attached hydrogen (secondary N) is 1. The zero-order chi connectivity index (χ0) is 15.8. The quantitative estimate of drug-likeness (QED) is 0.360. The number of aryl methyl sites for hydroxylation is 1. The standard InChI is InChI=1S/C16H17N3OS2/c1-3-11-21-16-19-18-15(22-16)17-14(20)10-9-13-7-5-12(4-2)6-8-13/h3,5-10H,1,4,11H2,2H3,(H,17,18,20)/b10-9+. The molecule has 0 bridgehead atoms. The molecule has 1 amide bonds. The Hall–Kier alpha value is -1.92. The minimum Gasteiger partial charge on any atom is -0.297 e. The van der Waals surface area contributed by atoms with E-state index in [2.05, 4.69) is 41.1 Å². The fourth-order valence-corrected chi connectivity index (χ4v) is 3.15. The van der Waals surface area contributed by atoms with Crippen LogP contribution in [-0.4, -0.2) is 21.9 Å². The number of carbonyl (C=O) groups is 1. The van der Waals surface area contributed by atoms with Crippen LogP contribution in [-0.2, 0) is 11.2 Å². The zero-order valence-corrected chi connectivity index (χ0v) is 13.9. The topological polar surface area (TPSA) is 54.9 Å². The molecule has 2 rings (SSSR count). The predicted molar refractivity (Wildman–Crippen MR) is 94.3 cm³/mol. The van der Waals surface area contributed by atoms with Crippen molar-refractivity contribution in [3.05, 3.63) is 54.1 Å². The van der Waals surface area contributed by atoms with Gasteiger partial charge in [-0.2, -0.15) is 0 Å². The van der Waals surface area contributed by atoms with Crippen LogP contribution < -0.4 is 5.32 Å². The van der Waals surface area contributed by atoms with Crippen LogP contribution in [0.3, 0.4) is 0 Å². The summed E-state index contributed by atoms with van der Waals surface area (Å²) in [6, 6.07) is 8.12. The smallest absolute Gasteiger partial charge is 0.250 e. The van der Waals surface area contributed by atoms with Crippen molar-refractivity contribution in [1.29, 1.82) is 0 Å². The summed E-state index contributed by atoms with van der Waals surface area (Å²) in [6.45, 7) is 5.76. The Morgan fingerprint density at radius 3 is 2.82 bits per heavy atom. The minimum absolute atomic E-state index is 0.212. The van der Waals surface area contributed by atoms with E-state index in [0.717, 1.165) is 22.1 Å². The van der Waals surface area contributed by atoms with Gasteiger partial charge >= 0.3 is 0 Å². The van der Waals surface area contributed by atoms with Gasteiger partial charge in [-0.1, -0.05) is 60.4 Å². The Morgan fingerprint density at radius 1 is 1.36 bits per heavy atom. The molecule has 0 atom stereocenters. The SMILES string of the molecule is C=CCSc1nnc(NC(=O)/C=C/c2ccc(CC)cc2)s1. The van der Waals surface area contributed by atoms with Gasteiger partial charge < -0.3 is 0 Å². The summed E-state index contributed by atoms with van der Waals surface area (Å²) in [4.78, 5) is 11.9. The first-order valence-electron chi connectivity index (χ1n) is 6.86. The van der Waals surface area contributed by atoms with E-state index in [4.69, 9.17) is 0 Å². The van der Waals surface area contributed by atoms with E-state index in [1.165, 1.54) is 34.7 Å². The number of thioether (sulfide) groups is 1. The van der Waals surface area contributed by atoms with Crippen LogP contribution in [0.25, 0.3) is 6.08 Å². The number of hydrogen-bond donors (Lipinski definition) is 1. The second kappa shape index (κ2) is 8.51. The highest BCUT2D eigenvalue weighted by molar-refractivity contribution is 8.01. The molecule has 1 heterocycles. The maximum Gasteiger partial charge on any atom is 0.250 e. The van der Waals surface area contributed by atoms with Gasteiger partial charge in [0.1, 0.15) is 0 Å². The fraction of sp³-hybridized carbons (Fsp3) is 0.188. The van der Waals surface area contributed by atoms with Gasteiger partial charge in [0.15, 0.2) is 4.34 Å². The van der Waals surface area contributed by atoms with E-state index in [-0.39, 0.29) is 5.91 Å². The molecule has 22 heavy (non-hydrogen) atoms. The highest BCUT2D eigenvalue weighted by Gasteiger charge is 2.06. The van der Waals surface area contributed by atoms with Crippen LogP contribution in [0, 0.1) is 0 Å². The van der Waals surface area contributed by atoms with Crippen molar-refractivity contribution in [3.8, 4) is 0 Å². The number of nitrogens with zero attached hydrogens (tertiary/aromatic N) is 2. The van der Waals surface area contributed by atoms with Crippen molar-refractivity contribution in [2.24, 2.45) is 0 Å². The Labute approximate surface area is 138 Å². The van der Waals surface area contributed by atoms with E-state index < -0.39 is 0 Å². The fourth-order valence-electron chi connectivity index (χ4n) is 1.63. The molecule has 114 valence electrons. The minimum atomic E-state index is -0.212. The van der Waals surface area contributed by atoms with Gasteiger partial charge in [-0.15, -0.1) is 16.8 Å². The molecule has 0 aliphatic heterocycles. The van der Waals surface area contributed by atoms with Crippen molar-refractivity contribution in [2.75, 3.05) is 11.1 Å².